The SMILES string of the molecule is c1ccc(-c2ccc(-c3ccc4sc5c(-c6cccc(-c7ccc8c(c7)-c7ccccc7C87c8ccccc8-c8ccccc87)c6)ncnc5c4c3)cc2)cc1. The van der Waals surface area contributed by atoms with Gasteiger partial charge in [-0.05, 0) is 102 Å². The fourth-order valence-corrected chi connectivity index (χ4v) is 10.7. The normalized spacial score (nSPS) is 13.1. The molecular formula is C53H32N2S. The lowest BCUT2D eigenvalue weighted by Crippen LogP contribution is -2.25. The Morgan fingerprint density at radius 1 is 0.357 bits per heavy atom. The first-order valence-electron chi connectivity index (χ1n) is 19.1. The van der Waals surface area contributed by atoms with Gasteiger partial charge in [-0.15, -0.1) is 11.3 Å². The molecule has 56 heavy (non-hydrogen) atoms. The summed E-state index contributed by atoms with van der Waals surface area (Å²) in [6.07, 6.45) is 1.72. The van der Waals surface area contributed by atoms with Crippen molar-refractivity contribution in [3.63, 3.8) is 0 Å². The van der Waals surface area contributed by atoms with Crippen LogP contribution in [0.5, 0.6) is 0 Å². The van der Waals surface area contributed by atoms with Crippen molar-refractivity contribution in [2.75, 3.05) is 0 Å². The third-order valence-corrected chi connectivity index (χ3v) is 13.2. The second-order valence-corrected chi connectivity index (χ2v) is 15.9. The lowest BCUT2D eigenvalue weighted by molar-refractivity contribution is 0.794. The first kappa shape index (κ1) is 31.4. The van der Waals surface area contributed by atoms with Gasteiger partial charge in [0.05, 0.1) is 21.3 Å². The van der Waals surface area contributed by atoms with Crippen molar-refractivity contribution in [1.82, 2.24) is 9.97 Å². The van der Waals surface area contributed by atoms with Gasteiger partial charge in [-0.25, -0.2) is 9.97 Å². The van der Waals surface area contributed by atoms with Crippen LogP contribution in [0.3, 0.4) is 0 Å². The molecule has 0 fully saturated rings. The Morgan fingerprint density at radius 3 is 1.57 bits per heavy atom. The Labute approximate surface area is 329 Å². The summed E-state index contributed by atoms with van der Waals surface area (Å²) in [5.74, 6) is 0. The van der Waals surface area contributed by atoms with Gasteiger partial charge in [-0.3, -0.25) is 0 Å². The van der Waals surface area contributed by atoms with E-state index in [0.29, 0.717) is 0 Å². The lowest BCUT2D eigenvalue weighted by Gasteiger charge is -2.30. The molecule has 0 amide bonds. The van der Waals surface area contributed by atoms with Gasteiger partial charge in [0.15, 0.2) is 0 Å². The lowest BCUT2D eigenvalue weighted by atomic mass is 9.70. The zero-order chi connectivity index (χ0) is 36.8. The third-order valence-electron chi connectivity index (χ3n) is 12.0. The number of rotatable bonds is 4. The van der Waals surface area contributed by atoms with Gasteiger partial charge in [0.25, 0.3) is 0 Å². The van der Waals surface area contributed by atoms with Crippen LogP contribution < -0.4 is 0 Å². The van der Waals surface area contributed by atoms with Crippen molar-refractivity contribution in [2.24, 2.45) is 0 Å². The Balaban J connectivity index is 0.945. The second-order valence-electron chi connectivity index (χ2n) is 14.9. The molecule has 3 heteroatoms. The van der Waals surface area contributed by atoms with Crippen LogP contribution in [0.25, 0.3) is 87.2 Å². The summed E-state index contributed by atoms with van der Waals surface area (Å²) in [5, 5.41) is 1.16. The molecule has 2 aromatic heterocycles. The van der Waals surface area contributed by atoms with Crippen LogP contribution in [0.1, 0.15) is 22.3 Å². The highest BCUT2D eigenvalue weighted by Gasteiger charge is 2.51. The molecule has 1 spiro atoms. The fourth-order valence-electron chi connectivity index (χ4n) is 9.57. The number of nitrogens with zero attached hydrogens (tertiary/aromatic N) is 2. The van der Waals surface area contributed by atoms with E-state index in [1.165, 1.54) is 82.6 Å². The fraction of sp³-hybridized carbons (Fsp3) is 0.0189. The highest BCUT2D eigenvalue weighted by atomic mass is 32.1. The minimum atomic E-state index is -0.335. The summed E-state index contributed by atoms with van der Waals surface area (Å²) in [6, 6.07) is 69.1. The maximum absolute atomic E-state index is 4.90. The Bertz CT molecular complexity index is 3150. The van der Waals surface area contributed by atoms with Gasteiger partial charge in [-0.1, -0.05) is 164 Å². The summed E-state index contributed by atoms with van der Waals surface area (Å²) >= 11 is 1.77. The largest absolute Gasteiger partial charge is 0.235 e. The maximum atomic E-state index is 4.90. The molecule has 2 nitrogen and oxygen atoms in total. The van der Waals surface area contributed by atoms with E-state index in [1.54, 1.807) is 17.7 Å². The minimum Gasteiger partial charge on any atom is -0.235 e. The van der Waals surface area contributed by atoms with Crippen molar-refractivity contribution < 1.29 is 0 Å². The van der Waals surface area contributed by atoms with Gasteiger partial charge >= 0.3 is 0 Å². The van der Waals surface area contributed by atoms with Gasteiger partial charge in [0, 0.05) is 15.6 Å². The monoisotopic (exact) mass is 728 g/mol. The third kappa shape index (κ3) is 4.43. The number of thiophene rings is 1. The summed E-state index contributed by atoms with van der Waals surface area (Å²) in [6.45, 7) is 0. The Hall–Kier alpha value is -6.94. The van der Waals surface area contributed by atoms with Crippen molar-refractivity contribution in [1.29, 1.82) is 0 Å². The van der Waals surface area contributed by atoms with Crippen molar-refractivity contribution in [3.05, 3.63) is 217 Å². The summed E-state index contributed by atoms with van der Waals surface area (Å²) in [5.41, 5.74) is 20.6. The molecule has 0 unspecified atom stereocenters. The number of benzene rings is 8. The predicted molar refractivity (Wildman–Crippen MR) is 233 cm³/mol. The molecule has 0 N–H and O–H groups in total. The first-order chi connectivity index (χ1) is 27.8. The average Bonchev–Trinajstić information content (AvgIpc) is 3.90. The molecule has 0 radical (unpaired) electrons. The zero-order valence-corrected chi connectivity index (χ0v) is 31.1. The Kier molecular flexibility index (Phi) is 6.75. The van der Waals surface area contributed by atoms with E-state index in [9.17, 15) is 0 Å². The minimum absolute atomic E-state index is 0.335. The van der Waals surface area contributed by atoms with Crippen LogP contribution in [-0.2, 0) is 5.41 Å². The van der Waals surface area contributed by atoms with Crippen LogP contribution >= 0.6 is 11.3 Å². The molecule has 2 aliphatic rings. The van der Waals surface area contributed by atoms with E-state index in [1.807, 2.05) is 0 Å². The molecule has 2 heterocycles. The molecule has 12 rings (SSSR count). The quantitative estimate of drug-likeness (QED) is 0.180. The van der Waals surface area contributed by atoms with Gasteiger partial charge in [-0.2, -0.15) is 0 Å². The van der Waals surface area contributed by atoms with Crippen LogP contribution in [0.4, 0.5) is 0 Å². The number of hydrogen-bond donors (Lipinski definition) is 0. The predicted octanol–water partition coefficient (Wildman–Crippen LogP) is 13.9. The average molecular weight is 729 g/mol. The maximum Gasteiger partial charge on any atom is 0.116 e. The van der Waals surface area contributed by atoms with Gasteiger partial charge < -0.3 is 0 Å². The van der Waals surface area contributed by atoms with Crippen molar-refractivity contribution in [2.45, 2.75) is 5.41 Å². The van der Waals surface area contributed by atoms with E-state index in [-0.39, 0.29) is 5.41 Å². The van der Waals surface area contributed by atoms with E-state index in [0.717, 1.165) is 26.9 Å². The smallest absolute Gasteiger partial charge is 0.116 e. The van der Waals surface area contributed by atoms with Gasteiger partial charge in [0.2, 0.25) is 0 Å². The zero-order valence-electron chi connectivity index (χ0n) is 30.3. The number of aromatic nitrogens is 2. The van der Waals surface area contributed by atoms with Crippen LogP contribution in [-0.4, -0.2) is 9.97 Å². The van der Waals surface area contributed by atoms with Crippen LogP contribution in [0.15, 0.2) is 194 Å². The summed E-state index contributed by atoms with van der Waals surface area (Å²) < 4.78 is 2.32. The highest BCUT2D eigenvalue weighted by Crippen LogP contribution is 2.63. The molecule has 10 aromatic rings. The molecule has 8 aromatic carbocycles. The molecular weight excluding hydrogens is 697 g/mol. The molecule has 0 bridgehead atoms. The highest BCUT2D eigenvalue weighted by molar-refractivity contribution is 7.26. The van der Waals surface area contributed by atoms with Crippen LogP contribution in [0.2, 0.25) is 0 Å². The molecule has 0 saturated carbocycles. The van der Waals surface area contributed by atoms with Gasteiger partial charge in [0.1, 0.15) is 6.33 Å². The van der Waals surface area contributed by atoms with Crippen molar-refractivity contribution >= 4 is 31.6 Å². The molecule has 260 valence electrons. The molecule has 0 atom stereocenters. The topological polar surface area (TPSA) is 25.8 Å². The second kappa shape index (κ2) is 12.0. The summed E-state index contributed by atoms with van der Waals surface area (Å²) in [7, 11) is 0. The Morgan fingerprint density at radius 2 is 0.857 bits per heavy atom. The molecule has 2 aliphatic carbocycles. The van der Waals surface area contributed by atoms with Crippen molar-refractivity contribution in [3.8, 4) is 66.9 Å². The van der Waals surface area contributed by atoms with E-state index in [2.05, 4.69) is 188 Å². The van der Waals surface area contributed by atoms with E-state index >= 15 is 0 Å². The van der Waals surface area contributed by atoms with Crippen LogP contribution in [0, 0.1) is 0 Å². The molecule has 0 saturated heterocycles. The standard InChI is InChI=1S/C53H32N2S/c1-2-11-33(12-3-1)34-21-23-35(24-22-34)37-26-28-49-44(31-37)51-52(56-49)50(54-32-55-51)39-14-10-13-36(29-39)38-25-27-48-43(30-38)42-17-6-9-20-47(42)53(48)45-18-7-4-15-40(45)41-16-5-8-19-46(41)53/h1-32H. The first-order valence-corrected chi connectivity index (χ1v) is 19.9. The number of fused-ring (bicyclic) bond motifs is 13. The molecule has 0 aliphatic heterocycles. The van der Waals surface area contributed by atoms with E-state index in [4.69, 9.17) is 9.97 Å². The van der Waals surface area contributed by atoms with E-state index < -0.39 is 0 Å². The number of hydrogen-bond acceptors (Lipinski definition) is 3. The summed E-state index contributed by atoms with van der Waals surface area (Å²) in [4.78, 5) is 9.76.